The van der Waals surface area contributed by atoms with Crippen LogP contribution < -0.4 is 4.74 Å². The molecule has 0 spiro atoms. The van der Waals surface area contributed by atoms with Crippen molar-refractivity contribution < 1.29 is 4.74 Å². The summed E-state index contributed by atoms with van der Waals surface area (Å²) in [7, 11) is 0. The zero-order chi connectivity index (χ0) is 15.5. The maximum Gasteiger partial charge on any atom is 0.225 e. The fourth-order valence-electron chi connectivity index (χ4n) is 2.01. The van der Waals surface area contributed by atoms with Gasteiger partial charge in [0.1, 0.15) is 23.6 Å². The summed E-state index contributed by atoms with van der Waals surface area (Å²) in [6, 6.07) is 3.66. The molecule has 22 heavy (non-hydrogen) atoms. The van der Waals surface area contributed by atoms with Crippen LogP contribution in [0.3, 0.4) is 0 Å². The lowest BCUT2D eigenvalue weighted by molar-refractivity contribution is 0.356. The van der Waals surface area contributed by atoms with E-state index in [0.717, 1.165) is 5.69 Å². The van der Waals surface area contributed by atoms with Crippen LogP contribution in [0.25, 0.3) is 11.2 Å². The number of ether oxygens (including phenoxy) is 1. The molecule has 0 unspecified atom stereocenters. The minimum atomic E-state index is 0.0654. The number of hydrogen-bond donors (Lipinski definition) is 0. The van der Waals surface area contributed by atoms with E-state index in [-0.39, 0.29) is 10.4 Å². The molecular weight excluding hydrogens is 325 g/mol. The minimum Gasteiger partial charge on any atom is -0.488 e. The third-order valence-corrected chi connectivity index (χ3v) is 3.36. The molecule has 0 aliphatic carbocycles. The fourth-order valence-corrected chi connectivity index (χ4v) is 2.49. The SMILES string of the molecule is C=CCOc1cccnc1Cn1cnc2nc(Cl)nc(Cl)c21. The summed E-state index contributed by atoms with van der Waals surface area (Å²) in [5.41, 5.74) is 1.79. The molecular formula is C14H11Cl2N5O. The second-order valence-corrected chi connectivity index (χ2v) is 5.07. The first-order chi connectivity index (χ1) is 10.7. The Labute approximate surface area is 136 Å². The lowest BCUT2D eigenvalue weighted by Gasteiger charge is -2.10. The number of pyridine rings is 1. The van der Waals surface area contributed by atoms with Gasteiger partial charge in [0.25, 0.3) is 0 Å². The summed E-state index contributed by atoms with van der Waals surface area (Å²) in [5.74, 6) is 0.676. The molecule has 3 aromatic heterocycles. The van der Waals surface area contributed by atoms with Gasteiger partial charge in [-0.25, -0.2) is 9.97 Å². The Balaban J connectivity index is 1.99. The van der Waals surface area contributed by atoms with E-state index in [2.05, 4.69) is 26.5 Å². The molecule has 3 aromatic rings. The van der Waals surface area contributed by atoms with Gasteiger partial charge in [0.15, 0.2) is 10.8 Å². The number of halogens is 2. The number of nitrogens with zero attached hydrogens (tertiary/aromatic N) is 5. The highest BCUT2D eigenvalue weighted by atomic mass is 35.5. The van der Waals surface area contributed by atoms with Crippen LogP contribution in [-0.4, -0.2) is 31.1 Å². The van der Waals surface area contributed by atoms with Crippen LogP contribution in [0.2, 0.25) is 10.4 Å². The average molecular weight is 336 g/mol. The topological polar surface area (TPSA) is 65.7 Å². The van der Waals surface area contributed by atoms with Crippen LogP contribution >= 0.6 is 23.2 Å². The molecule has 0 amide bonds. The van der Waals surface area contributed by atoms with Gasteiger partial charge in [-0.1, -0.05) is 24.3 Å². The Morgan fingerprint density at radius 2 is 2.14 bits per heavy atom. The molecule has 0 aromatic carbocycles. The molecule has 0 N–H and O–H groups in total. The highest BCUT2D eigenvalue weighted by molar-refractivity contribution is 6.35. The fraction of sp³-hybridized carbons (Fsp3) is 0.143. The predicted octanol–water partition coefficient (Wildman–Crippen LogP) is 3.14. The first-order valence-electron chi connectivity index (χ1n) is 6.40. The molecule has 0 radical (unpaired) electrons. The Morgan fingerprint density at radius 1 is 1.27 bits per heavy atom. The monoisotopic (exact) mass is 335 g/mol. The van der Waals surface area contributed by atoms with Gasteiger partial charge in [-0.2, -0.15) is 4.98 Å². The van der Waals surface area contributed by atoms with Crippen LogP contribution in [-0.2, 0) is 6.54 Å². The molecule has 0 aliphatic heterocycles. The van der Waals surface area contributed by atoms with E-state index >= 15 is 0 Å². The summed E-state index contributed by atoms with van der Waals surface area (Å²) in [6.07, 6.45) is 4.99. The largest absolute Gasteiger partial charge is 0.488 e. The number of imidazole rings is 1. The Morgan fingerprint density at radius 3 is 2.95 bits per heavy atom. The minimum absolute atomic E-state index is 0.0654. The van der Waals surface area contributed by atoms with Crippen LogP contribution in [0.4, 0.5) is 0 Å². The molecule has 0 bridgehead atoms. The van der Waals surface area contributed by atoms with E-state index in [4.69, 9.17) is 27.9 Å². The number of fused-ring (bicyclic) bond motifs is 1. The number of aromatic nitrogens is 5. The maximum atomic E-state index is 6.14. The molecule has 0 aliphatic rings. The van der Waals surface area contributed by atoms with Crippen molar-refractivity contribution in [3.05, 3.63) is 53.4 Å². The molecule has 112 valence electrons. The van der Waals surface area contributed by atoms with Crippen molar-refractivity contribution in [1.82, 2.24) is 24.5 Å². The second kappa shape index (κ2) is 6.29. The van der Waals surface area contributed by atoms with Gasteiger partial charge in [-0.15, -0.1) is 0 Å². The molecule has 0 fully saturated rings. The molecule has 3 rings (SSSR count). The van der Waals surface area contributed by atoms with Gasteiger partial charge in [-0.05, 0) is 23.7 Å². The zero-order valence-corrected chi connectivity index (χ0v) is 12.9. The smallest absolute Gasteiger partial charge is 0.225 e. The Bertz CT molecular complexity index is 833. The number of rotatable bonds is 5. The quantitative estimate of drug-likeness (QED) is 0.407. The summed E-state index contributed by atoms with van der Waals surface area (Å²) in [5, 5.41) is 0.313. The van der Waals surface area contributed by atoms with Crippen molar-refractivity contribution in [2.75, 3.05) is 6.61 Å². The van der Waals surface area contributed by atoms with Gasteiger partial charge in [0.2, 0.25) is 5.28 Å². The van der Waals surface area contributed by atoms with Crippen molar-refractivity contribution in [3.63, 3.8) is 0 Å². The summed E-state index contributed by atoms with van der Waals surface area (Å²) in [4.78, 5) is 16.5. The van der Waals surface area contributed by atoms with Crippen molar-refractivity contribution >= 4 is 34.4 Å². The molecule has 0 saturated carbocycles. The van der Waals surface area contributed by atoms with E-state index in [1.54, 1.807) is 23.2 Å². The van der Waals surface area contributed by atoms with Crippen molar-refractivity contribution in [3.8, 4) is 5.75 Å². The molecule has 6 nitrogen and oxygen atoms in total. The first kappa shape index (κ1) is 14.7. The zero-order valence-electron chi connectivity index (χ0n) is 11.4. The first-order valence-corrected chi connectivity index (χ1v) is 7.16. The molecule has 0 atom stereocenters. The van der Waals surface area contributed by atoms with E-state index in [1.807, 2.05) is 12.1 Å². The van der Waals surface area contributed by atoms with Crippen molar-refractivity contribution in [2.45, 2.75) is 6.54 Å². The molecule has 8 heteroatoms. The number of hydrogen-bond acceptors (Lipinski definition) is 5. The van der Waals surface area contributed by atoms with Crippen LogP contribution in [0.15, 0.2) is 37.3 Å². The summed E-state index contributed by atoms with van der Waals surface area (Å²) in [6.45, 7) is 4.47. The Kier molecular flexibility index (Phi) is 4.22. The van der Waals surface area contributed by atoms with E-state index in [0.29, 0.717) is 30.1 Å². The highest BCUT2D eigenvalue weighted by Crippen LogP contribution is 2.24. The third kappa shape index (κ3) is 2.88. The van der Waals surface area contributed by atoms with Crippen molar-refractivity contribution in [2.24, 2.45) is 0 Å². The normalized spacial score (nSPS) is 10.8. The van der Waals surface area contributed by atoms with E-state index in [1.165, 1.54) is 0 Å². The van der Waals surface area contributed by atoms with Gasteiger partial charge in [0.05, 0.1) is 12.9 Å². The van der Waals surface area contributed by atoms with E-state index < -0.39 is 0 Å². The highest BCUT2D eigenvalue weighted by Gasteiger charge is 2.13. The maximum absolute atomic E-state index is 6.14. The standard InChI is InChI=1S/C14H11Cl2N5O/c1-2-6-22-10-4-3-5-17-9(10)7-21-8-18-13-11(21)12(15)19-14(16)20-13/h2-5,8H,1,6-7H2. The lowest BCUT2D eigenvalue weighted by atomic mass is 10.3. The lowest BCUT2D eigenvalue weighted by Crippen LogP contribution is -2.05. The van der Waals surface area contributed by atoms with Gasteiger partial charge >= 0.3 is 0 Å². The molecule has 3 heterocycles. The summed E-state index contributed by atoms with van der Waals surface area (Å²) < 4.78 is 7.40. The average Bonchev–Trinajstić information content (AvgIpc) is 2.89. The second-order valence-electron chi connectivity index (χ2n) is 4.38. The third-order valence-electron chi connectivity index (χ3n) is 2.93. The van der Waals surface area contributed by atoms with Gasteiger partial charge in [-0.3, -0.25) is 4.98 Å². The Hall–Kier alpha value is -2.18. The van der Waals surface area contributed by atoms with Gasteiger partial charge < -0.3 is 9.30 Å². The van der Waals surface area contributed by atoms with Crippen LogP contribution in [0.1, 0.15) is 5.69 Å². The van der Waals surface area contributed by atoms with Crippen LogP contribution in [0, 0.1) is 0 Å². The van der Waals surface area contributed by atoms with Gasteiger partial charge in [0, 0.05) is 6.20 Å². The van der Waals surface area contributed by atoms with Crippen LogP contribution in [0.5, 0.6) is 5.75 Å². The summed E-state index contributed by atoms with van der Waals surface area (Å²) >= 11 is 11.9. The van der Waals surface area contributed by atoms with E-state index in [9.17, 15) is 0 Å². The van der Waals surface area contributed by atoms with Crippen molar-refractivity contribution in [1.29, 1.82) is 0 Å². The predicted molar refractivity (Wildman–Crippen MR) is 84.4 cm³/mol. The molecule has 0 saturated heterocycles.